The number of aryl methyl sites for hydroxylation is 1. The second kappa shape index (κ2) is 10.3. The maximum atomic E-state index is 13.4. The highest BCUT2D eigenvalue weighted by Gasteiger charge is 2.23. The molecule has 0 bridgehead atoms. The molecule has 35 heavy (non-hydrogen) atoms. The molecule has 0 spiro atoms. The first-order chi connectivity index (χ1) is 16.9. The number of ketones is 1. The Kier molecular flexibility index (Phi) is 7.01. The molecule has 4 rings (SSSR count). The van der Waals surface area contributed by atoms with E-state index >= 15 is 0 Å². The van der Waals surface area contributed by atoms with E-state index in [1.165, 1.54) is 4.90 Å². The van der Waals surface area contributed by atoms with Crippen LogP contribution in [0.15, 0.2) is 66.7 Å². The summed E-state index contributed by atoms with van der Waals surface area (Å²) in [6.45, 7) is 2.17. The molecule has 0 unspecified atom stereocenters. The fourth-order valence-corrected chi connectivity index (χ4v) is 3.78. The number of aromatic amines is 1. The van der Waals surface area contributed by atoms with Crippen molar-refractivity contribution in [3.8, 4) is 0 Å². The summed E-state index contributed by atoms with van der Waals surface area (Å²) in [5, 5.41) is 8.82. The second-order valence-electron chi connectivity index (χ2n) is 8.47. The largest absolute Gasteiger partial charge is 0.345 e. The first-order valence-electron chi connectivity index (χ1n) is 11.4. The number of aromatic nitrogens is 3. The average Bonchev–Trinajstić information content (AvgIpc) is 3.36. The van der Waals surface area contributed by atoms with Crippen LogP contribution in [0.25, 0.3) is 10.8 Å². The van der Waals surface area contributed by atoms with Crippen LogP contribution in [0.4, 0.5) is 5.69 Å². The van der Waals surface area contributed by atoms with Crippen molar-refractivity contribution < 1.29 is 14.4 Å². The van der Waals surface area contributed by atoms with Gasteiger partial charge in [0, 0.05) is 31.8 Å². The highest BCUT2D eigenvalue weighted by Crippen LogP contribution is 2.23. The number of Topliss-reactive ketones (excluding diaryl/α,β-unsaturated/α-hetero) is 1. The van der Waals surface area contributed by atoms with Crippen LogP contribution < -0.4 is 4.90 Å². The molecule has 0 aliphatic carbocycles. The van der Waals surface area contributed by atoms with Crippen LogP contribution in [0.1, 0.15) is 45.7 Å². The third kappa shape index (κ3) is 5.43. The summed E-state index contributed by atoms with van der Waals surface area (Å²) in [4.78, 5) is 45.6. The second-order valence-corrected chi connectivity index (χ2v) is 8.47. The monoisotopic (exact) mass is 469 g/mol. The van der Waals surface area contributed by atoms with Gasteiger partial charge in [0.15, 0.2) is 0 Å². The molecule has 0 aliphatic rings. The van der Waals surface area contributed by atoms with Gasteiger partial charge in [0.05, 0.1) is 13.0 Å². The quantitative estimate of drug-likeness (QED) is 0.310. The van der Waals surface area contributed by atoms with Crippen molar-refractivity contribution in [2.45, 2.75) is 26.3 Å². The summed E-state index contributed by atoms with van der Waals surface area (Å²) in [5.74, 6) is -0.357. The SMILES string of the molecule is CCc1nc(C(=O)CC(=O)N(Cc2ccc3ccccc3c2)c2ccc(C(=O)N(C)C)cc2)n[nH]1. The van der Waals surface area contributed by atoms with Gasteiger partial charge in [0.2, 0.25) is 17.5 Å². The highest BCUT2D eigenvalue weighted by atomic mass is 16.2. The van der Waals surface area contributed by atoms with Crippen molar-refractivity contribution >= 4 is 34.1 Å². The van der Waals surface area contributed by atoms with E-state index in [1.54, 1.807) is 43.3 Å². The third-order valence-corrected chi connectivity index (χ3v) is 5.72. The van der Waals surface area contributed by atoms with E-state index in [1.807, 2.05) is 49.4 Å². The Labute approximate surface area is 203 Å². The standard InChI is InChI=1S/C27H27N5O3/c1-4-24-28-26(30-29-24)23(33)16-25(34)32(22-13-11-20(12-14-22)27(35)31(2)3)17-18-9-10-19-7-5-6-8-21(19)15-18/h5-15H,4,16-17H2,1-3H3,(H,28,29,30). The van der Waals surface area contributed by atoms with Gasteiger partial charge in [-0.3, -0.25) is 19.5 Å². The maximum Gasteiger partial charge on any atom is 0.253 e. The molecule has 0 atom stereocenters. The Balaban J connectivity index is 1.63. The van der Waals surface area contributed by atoms with E-state index in [-0.39, 0.29) is 30.6 Å². The molecule has 0 saturated carbocycles. The maximum absolute atomic E-state index is 13.4. The predicted octanol–water partition coefficient (Wildman–Crippen LogP) is 4.03. The molecule has 2 amide bonds. The van der Waals surface area contributed by atoms with E-state index in [4.69, 9.17) is 0 Å². The Morgan fingerprint density at radius 2 is 1.63 bits per heavy atom. The molecule has 0 radical (unpaired) electrons. The Morgan fingerprint density at radius 3 is 2.29 bits per heavy atom. The number of carbonyl (C=O) groups is 3. The van der Waals surface area contributed by atoms with Gasteiger partial charge in [-0.25, -0.2) is 4.98 Å². The van der Waals surface area contributed by atoms with E-state index in [0.717, 1.165) is 16.3 Å². The molecule has 3 aromatic carbocycles. The fourth-order valence-electron chi connectivity index (χ4n) is 3.78. The van der Waals surface area contributed by atoms with Gasteiger partial charge < -0.3 is 9.80 Å². The summed E-state index contributed by atoms with van der Waals surface area (Å²) in [6, 6.07) is 20.8. The number of carbonyl (C=O) groups excluding carboxylic acids is 3. The van der Waals surface area contributed by atoms with Gasteiger partial charge in [-0.15, -0.1) is 0 Å². The van der Waals surface area contributed by atoms with E-state index in [9.17, 15) is 14.4 Å². The molecule has 1 heterocycles. The van der Waals surface area contributed by atoms with E-state index in [0.29, 0.717) is 23.5 Å². The summed E-state index contributed by atoms with van der Waals surface area (Å²) in [5.41, 5.74) is 2.03. The molecule has 1 aromatic heterocycles. The molecule has 4 aromatic rings. The molecule has 8 heteroatoms. The number of amides is 2. The Morgan fingerprint density at radius 1 is 0.914 bits per heavy atom. The van der Waals surface area contributed by atoms with Crippen molar-refractivity contribution in [3.63, 3.8) is 0 Å². The van der Waals surface area contributed by atoms with E-state index < -0.39 is 5.78 Å². The van der Waals surface area contributed by atoms with Gasteiger partial charge in [-0.2, -0.15) is 5.10 Å². The third-order valence-electron chi connectivity index (χ3n) is 5.72. The van der Waals surface area contributed by atoms with Gasteiger partial charge in [-0.1, -0.05) is 43.3 Å². The fraction of sp³-hybridized carbons (Fsp3) is 0.222. The van der Waals surface area contributed by atoms with E-state index in [2.05, 4.69) is 15.2 Å². The lowest BCUT2D eigenvalue weighted by Gasteiger charge is -2.23. The normalized spacial score (nSPS) is 10.8. The molecule has 1 N–H and O–H groups in total. The summed E-state index contributed by atoms with van der Waals surface area (Å²) in [7, 11) is 3.37. The summed E-state index contributed by atoms with van der Waals surface area (Å²) in [6.07, 6.45) is 0.243. The number of hydrogen-bond donors (Lipinski definition) is 1. The zero-order valence-electron chi connectivity index (χ0n) is 20.0. The number of hydrogen-bond acceptors (Lipinski definition) is 5. The van der Waals surface area contributed by atoms with Crippen LogP contribution in [0, 0.1) is 0 Å². The number of nitrogens with one attached hydrogen (secondary N) is 1. The van der Waals surface area contributed by atoms with Crippen molar-refractivity contribution in [3.05, 3.63) is 89.5 Å². The minimum absolute atomic E-state index is 0.00721. The lowest BCUT2D eigenvalue weighted by Crippen LogP contribution is -2.32. The van der Waals surface area contributed by atoms with Crippen molar-refractivity contribution in [1.82, 2.24) is 20.1 Å². The Hall–Kier alpha value is -4.33. The number of benzene rings is 3. The van der Waals surface area contributed by atoms with Crippen LogP contribution >= 0.6 is 0 Å². The van der Waals surface area contributed by atoms with Gasteiger partial charge in [0.25, 0.3) is 5.91 Å². The zero-order chi connectivity index (χ0) is 24.9. The van der Waals surface area contributed by atoms with Crippen molar-refractivity contribution in [1.29, 1.82) is 0 Å². The molecule has 0 fully saturated rings. The first-order valence-corrected chi connectivity index (χ1v) is 11.4. The first kappa shape index (κ1) is 23.8. The lowest BCUT2D eigenvalue weighted by atomic mass is 10.1. The summed E-state index contributed by atoms with van der Waals surface area (Å²) >= 11 is 0. The van der Waals surface area contributed by atoms with Crippen molar-refractivity contribution in [2.75, 3.05) is 19.0 Å². The number of anilines is 1. The number of rotatable bonds is 8. The minimum Gasteiger partial charge on any atom is -0.345 e. The smallest absolute Gasteiger partial charge is 0.253 e. The van der Waals surface area contributed by atoms with Gasteiger partial charge >= 0.3 is 0 Å². The topological polar surface area (TPSA) is 99.3 Å². The number of nitrogens with zero attached hydrogens (tertiary/aromatic N) is 4. The molecule has 0 aliphatic heterocycles. The lowest BCUT2D eigenvalue weighted by molar-refractivity contribution is -0.117. The molecular weight excluding hydrogens is 442 g/mol. The minimum atomic E-state index is -0.450. The summed E-state index contributed by atoms with van der Waals surface area (Å²) < 4.78 is 0. The average molecular weight is 470 g/mol. The number of H-pyrrole nitrogens is 1. The molecule has 0 saturated heterocycles. The Bertz CT molecular complexity index is 1380. The zero-order valence-corrected chi connectivity index (χ0v) is 20.0. The van der Waals surface area contributed by atoms with Crippen LogP contribution in [0.5, 0.6) is 0 Å². The predicted molar refractivity (Wildman–Crippen MR) is 134 cm³/mol. The van der Waals surface area contributed by atoms with Crippen LogP contribution in [0.3, 0.4) is 0 Å². The van der Waals surface area contributed by atoms with Crippen LogP contribution in [0.2, 0.25) is 0 Å². The van der Waals surface area contributed by atoms with Gasteiger partial charge in [-0.05, 0) is 46.7 Å². The molecule has 178 valence electrons. The molecule has 8 nitrogen and oxygen atoms in total. The highest BCUT2D eigenvalue weighted by molar-refractivity contribution is 6.10. The van der Waals surface area contributed by atoms with Crippen LogP contribution in [-0.4, -0.2) is 51.8 Å². The van der Waals surface area contributed by atoms with Crippen LogP contribution in [-0.2, 0) is 17.8 Å². The van der Waals surface area contributed by atoms with Crippen molar-refractivity contribution in [2.24, 2.45) is 0 Å². The van der Waals surface area contributed by atoms with Gasteiger partial charge in [0.1, 0.15) is 5.82 Å². The molecular formula is C27H27N5O3. The number of fused-ring (bicyclic) bond motifs is 1.